The average molecular weight is 257 g/mol. The number of nitrogens with two attached hydrogens (primary N) is 1. The molecular formula is C18H27N. The van der Waals surface area contributed by atoms with Crippen LogP contribution in [0.25, 0.3) is 0 Å². The zero-order valence-electron chi connectivity index (χ0n) is 12.8. The molecule has 1 atom stereocenters. The van der Waals surface area contributed by atoms with Gasteiger partial charge >= 0.3 is 0 Å². The predicted molar refractivity (Wildman–Crippen MR) is 81.6 cm³/mol. The van der Waals surface area contributed by atoms with Crippen molar-refractivity contribution in [1.82, 2.24) is 0 Å². The van der Waals surface area contributed by atoms with Crippen molar-refractivity contribution in [2.45, 2.75) is 76.7 Å². The van der Waals surface area contributed by atoms with Gasteiger partial charge in [-0.25, -0.2) is 0 Å². The molecule has 104 valence electrons. The second kappa shape index (κ2) is 4.09. The lowest BCUT2D eigenvalue weighted by molar-refractivity contribution is 0.330. The maximum absolute atomic E-state index is 6.34. The van der Waals surface area contributed by atoms with Crippen LogP contribution < -0.4 is 5.73 Å². The first kappa shape index (κ1) is 13.2. The highest BCUT2D eigenvalue weighted by Gasteiger charge is 2.38. The lowest BCUT2D eigenvalue weighted by Crippen LogP contribution is -2.35. The van der Waals surface area contributed by atoms with E-state index in [9.17, 15) is 0 Å². The molecule has 1 nitrogen and oxygen atoms in total. The fraction of sp³-hybridized carbons (Fsp3) is 0.667. The molecule has 0 saturated carbocycles. The lowest BCUT2D eigenvalue weighted by atomic mass is 9.62. The zero-order valence-corrected chi connectivity index (χ0v) is 12.8. The van der Waals surface area contributed by atoms with E-state index in [4.69, 9.17) is 5.73 Å². The number of benzene rings is 1. The van der Waals surface area contributed by atoms with E-state index in [0.717, 1.165) is 6.42 Å². The van der Waals surface area contributed by atoms with Crippen molar-refractivity contribution < 1.29 is 0 Å². The summed E-state index contributed by atoms with van der Waals surface area (Å²) in [6.45, 7) is 9.58. The van der Waals surface area contributed by atoms with Gasteiger partial charge in [-0.1, -0.05) is 39.8 Å². The van der Waals surface area contributed by atoms with E-state index in [-0.39, 0.29) is 6.04 Å². The molecule has 19 heavy (non-hydrogen) atoms. The third kappa shape index (κ3) is 2.03. The van der Waals surface area contributed by atoms with E-state index in [1.165, 1.54) is 36.8 Å². The first-order valence-electron chi connectivity index (χ1n) is 7.75. The van der Waals surface area contributed by atoms with Gasteiger partial charge in [-0.05, 0) is 65.2 Å². The van der Waals surface area contributed by atoms with E-state index in [0.29, 0.717) is 10.8 Å². The Bertz CT molecular complexity index is 511. The average Bonchev–Trinajstić information content (AvgIpc) is 2.35. The Balaban J connectivity index is 2.22. The summed E-state index contributed by atoms with van der Waals surface area (Å²) in [5, 5.41) is 0. The molecule has 0 radical (unpaired) electrons. The minimum atomic E-state index is 0.259. The van der Waals surface area contributed by atoms with Gasteiger partial charge in [0.1, 0.15) is 0 Å². The number of aryl methyl sites for hydroxylation is 1. The van der Waals surface area contributed by atoms with Crippen molar-refractivity contribution in [3.05, 3.63) is 34.4 Å². The molecule has 0 heterocycles. The summed E-state index contributed by atoms with van der Waals surface area (Å²) in [5.41, 5.74) is 13.0. The monoisotopic (exact) mass is 257 g/mol. The molecule has 1 aromatic carbocycles. The lowest BCUT2D eigenvalue weighted by Gasteiger charge is -2.43. The highest BCUT2D eigenvalue weighted by atomic mass is 14.6. The Kier molecular flexibility index (Phi) is 2.83. The quantitative estimate of drug-likeness (QED) is 0.733. The third-order valence-corrected chi connectivity index (χ3v) is 5.47. The van der Waals surface area contributed by atoms with E-state index < -0.39 is 0 Å². The third-order valence-electron chi connectivity index (χ3n) is 5.47. The summed E-state index contributed by atoms with van der Waals surface area (Å²) in [7, 11) is 0. The summed E-state index contributed by atoms with van der Waals surface area (Å²) in [6, 6.07) is 5.20. The summed E-state index contributed by atoms with van der Waals surface area (Å²) in [6.07, 6.45) is 6.18. The van der Waals surface area contributed by atoms with Gasteiger partial charge in [-0.15, -0.1) is 0 Å². The van der Waals surface area contributed by atoms with E-state index in [2.05, 4.69) is 39.8 Å². The van der Waals surface area contributed by atoms with Crippen LogP contribution >= 0.6 is 0 Å². The number of hydrogen-bond acceptors (Lipinski definition) is 1. The molecule has 1 heteroatoms. The van der Waals surface area contributed by atoms with Crippen LogP contribution in [0.15, 0.2) is 12.1 Å². The Morgan fingerprint density at radius 2 is 1.58 bits per heavy atom. The molecule has 0 bridgehead atoms. The van der Waals surface area contributed by atoms with Gasteiger partial charge in [0.15, 0.2) is 0 Å². The SMILES string of the molecule is CC1(C)CCC(C)(C)c2cc3c(cc21)CCC[C@@H]3N. The molecule has 2 N–H and O–H groups in total. The molecular weight excluding hydrogens is 230 g/mol. The van der Waals surface area contributed by atoms with Crippen molar-refractivity contribution in [3.8, 4) is 0 Å². The molecule has 0 saturated heterocycles. The summed E-state index contributed by atoms with van der Waals surface area (Å²) < 4.78 is 0. The molecule has 1 aromatic rings. The van der Waals surface area contributed by atoms with Gasteiger partial charge in [0.05, 0.1) is 0 Å². The van der Waals surface area contributed by atoms with Gasteiger partial charge in [0, 0.05) is 6.04 Å². The van der Waals surface area contributed by atoms with Crippen LogP contribution in [-0.2, 0) is 17.3 Å². The standard InChI is InChI=1S/C18H27N/c1-17(2)8-9-18(3,4)15-11-13-12(10-14(15)17)6-5-7-16(13)19/h10-11,16H,5-9,19H2,1-4H3/t16-/m0/s1. The molecule has 0 aromatic heterocycles. The smallest absolute Gasteiger partial charge is 0.0297 e. The maximum Gasteiger partial charge on any atom is 0.0297 e. The Hall–Kier alpha value is -0.820. The van der Waals surface area contributed by atoms with Crippen molar-refractivity contribution in [1.29, 1.82) is 0 Å². The highest BCUT2D eigenvalue weighted by Crippen LogP contribution is 2.47. The van der Waals surface area contributed by atoms with Gasteiger partial charge in [0.2, 0.25) is 0 Å². The molecule has 0 unspecified atom stereocenters. The van der Waals surface area contributed by atoms with Crippen molar-refractivity contribution in [2.75, 3.05) is 0 Å². The van der Waals surface area contributed by atoms with Crippen LogP contribution in [0.2, 0.25) is 0 Å². The molecule has 2 aliphatic rings. The highest BCUT2D eigenvalue weighted by molar-refractivity contribution is 5.48. The molecule has 3 rings (SSSR count). The van der Waals surface area contributed by atoms with Crippen LogP contribution in [0, 0.1) is 0 Å². The largest absolute Gasteiger partial charge is 0.324 e. The number of fused-ring (bicyclic) bond motifs is 2. The fourth-order valence-corrected chi connectivity index (χ4v) is 3.91. The van der Waals surface area contributed by atoms with Crippen LogP contribution in [0.3, 0.4) is 0 Å². The zero-order chi connectivity index (χ0) is 13.8. The van der Waals surface area contributed by atoms with Crippen molar-refractivity contribution in [3.63, 3.8) is 0 Å². The van der Waals surface area contributed by atoms with Crippen molar-refractivity contribution in [2.24, 2.45) is 5.73 Å². The van der Waals surface area contributed by atoms with Crippen LogP contribution in [0.4, 0.5) is 0 Å². The Labute approximate surface area is 117 Å². The summed E-state index contributed by atoms with van der Waals surface area (Å²) in [5.74, 6) is 0. The molecule has 2 aliphatic carbocycles. The van der Waals surface area contributed by atoms with E-state index >= 15 is 0 Å². The second-order valence-corrected chi connectivity index (χ2v) is 7.86. The Morgan fingerprint density at radius 1 is 1.00 bits per heavy atom. The topological polar surface area (TPSA) is 26.0 Å². The second-order valence-electron chi connectivity index (χ2n) is 7.86. The van der Waals surface area contributed by atoms with Crippen LogP contribution in [0.1, 0.15) is 81.7 Å². The van der Waals surface area contributed by atoms with Gasteiger partial charge in [-0.3, -0.25) is 0 Å². The van der Waals surface area contributed by atoms with E-state index in [1.807, 2.05) is 0 Å². The van der Waals surface area contributed by atoms with Crippen LogP contribution in [-0.4, -0.2) is 0 Å². The molecule has 0 fully saturated rings. The maximum atomic E-state index is 6.34. The predicted octanol–water partition coefficient (Wildman–Crippen LogP) is 4.37. The molecule has 0 amide bonds. The van der Waals surface area contributed by atoms with Gasteiger partial charge in [0.25, 0.3) is 0 Å². The fourth-order valence-electron chi connectivity index (χ4n) is 3.91. The van der Waals surface area contributed by atoms with E-state index in [1.54, 1.807) is 11.1 Å². The minimum absolute atomic E-state index is 0.259. The Morgan fingerprint density at radius 3 is 2.21 bits per heavy atom. The number of rotatable bonds is 0. The summed E-state index contributed by atoms with van der Waals surface area (Å²) in [4.78, 5) is 0. The van der Waals surface area contributed by atoms with Crippen LogP contribution in [0.5, 0.6) is 0 Å². The van der Waals surface area contributed by atoms with Crippen molar-refractivity contribution >= 4 is 0 Å². The molecule has 0 aliphatic heterocycles. The number of hydrogen-bond donors (Lipinski definition) is 1. The normalized spacial score (nSPS) is 27.5. The summed E-state index contributed by atoms with van der Waals surface area (Å²) >= 11 is 0. The van der Waals surface area contributed by atoms with Gasteiger partial charge < -0.3 is 5.73 Å². The minimum Gasteiger partial charge on any atom is -0.324 e. The first-order valence-corrected chi connectivity index (χ1v) is 7.75. The first-order chi connectivity index (χ1) is 8.81. The van der Waals surface area contributed by atoms with Gasteiger partial charge in [-0.2, -0.15) is 0 Å². The molecule has 0 spiro atoms.